The lowest BCUT2D eigenvalue weighted by atomic mass is 9.94. The van der Waals surface area contributed by atoms with E-state index in [1.165, 1.54) is 5.56 Å². The van der Waals surface area contributed by atoms with E-state index in [2.05, 4.69) is 23.1 Å². The van der Waals surface area contributed by atoms with Crippen LogP contribution in [0.5, 0.6) is 5.75 Å². The third-order valence-electron chi connectivity index (χ3n) is 4.17. The Kier molecular flexibility index (Phi) is 4.33. The van der Waals surface area contributed by atoms with Crippen LogP contribution in [0.25, 0.3) is 0 Å². The molecule has 0 saturated carbocycles. The van der Waals surface area contributed by atoms with Crippen LogP contribution >= 0.6 is 11.6 Å². The van der Waals surface area contributed by atoms with E-state index in [1.54, 1.807) is 13.2 Å². The Morgan fingerprint density at radius 2 is 2.05 bits per heavy atom. The maximum absolute atomic E-state index is 8.97. The van der Waals surface area contributed by atoms with Gasteiger partial charge in [0.15, 0.2) is 0 Å². The summed E-state index contributed by atoms with van der Waals surface area (Å²) in [6.45, 7) is 1.89. The highest BCUT2D eigenvalue weighted by atomic mass is 35.5. The molecule has 0 unspecified atom stereocenters. The second-order valence-electron chi connectivity index (χ2n) is 5.46. The number of ether oxygens (including phenoxy) is 1. The molecule has 0 spiro atoms. The van der Waals surface area contributed by atoms with Crippen molar-refractivity contribution >= 4 is 11.6 Å². The standard InChI is InChI=1S/C18H17ClN2O/c1-22-18-10-13(11-20)2-3-15(18)12-21-9-8-17(21)14-4-6-16(19)7-5-14/h2-7,10,17H,8-9,12H2,1H3/t17-/m0/s1. The Balaban J connectivity index is 1.76. The fourth-order valence-corrected chi connectivity index (χ4v) is 2.98. The summed E-state index contributed by atoms with van der Waals surface area (Å²) in [4.78, 5) is 2.41. The van der Waals surface area contributed by atoms with Gasteiger partial charge in [0.2, 0.25) is 0 Å². The van der Waals surface area contributed by atoms with Crippen LogP contribution in [0.1, 0.15) is 29.2 Å². The van der Waals surface area contributed by atoms with Gasteiger partial charge in [0.1, 0.15) is 5.75 Å². The Hall–Kier alpha value is -2.02. The number of hydrogen-bond donors (Lipinski definition) is 0. The van der Waals surface area contributed by atoms with Crippen LogP contribution in [0.3, 0.4) is 0 Å². The predicted molar refractivity (Wildman–Crippen MR) is 86.9 cm³/mol. The molecule has 0 bridgehead atoms. The Labute approximate surface area is 135 Å². The topological polar surface area (TPSA) is 36.3 Å². The van der Waals surface area contributed by atoms with Crippen LogP contribution in [-0.2, 0) is 6.54 Å². The smallest absolute Gasteiger partial charge is 0.124 e. The highest BCUT2D eigenvalue weighted by Crippen LogP contribution is 2.36. The lowest BCUT2D eigenvalue weighted by molar-refractivity contribution is 0.0809. The number of nitriles is 1. The van der Waals surface area contributed by atoms with Gasteiger partial charge in [-0.3, -0.25) is 4.90 Å². The van der Waals surface area contributed by atoms with E-state index in [9.17, 15) is 0 Å². The number of benzene rings is 2. The number of methoxy groups -OCH3 is 1. The van der Waals surface area contributed by atoms with Gasteiger partial charge in [-0.2, -0.15) is 5.26 Å². The first-order valence-electron chi connectivity index (χ1n) is 7.28. The Bertz CT molecular complexity index is 706. The summed E-state index contributed by atoms with van der Waals surface area (Å²) in [6.07, 6.45) is 1.15. The van der Waals surface area contributed by atoms with E-state index in [1.807, 2.05) is 24.3 Å². The molecule has 112 valence electrons. The zero-order chi connectivity index (χ0) is 15.5. The quantitative estimate of drug-likeness (QED) is 0.850. The third kappa shape index (κ3) is 2.94. The Morgan fingerprint density at radius 1 is 1.27 bits per heavy atom. The molecule has 1 aliphatic rings. The molecular formula is C18H17ClN2O. The van der Waals surface area contributed by atoms with E-state index in [4.69, 9.17) is 21.6 Å². The fraction of sp³-hybridized carbons (Fsp3) is 0.278. The zero-order valence-electron chi connectivity index (χ0n) is 12.4. The summed E-state index contributed by atoms with van der Waals surface area (Å²) in [5.41, 5.74) is 3.03. The SMILES string of the molecule is COc1cc(C#N)ccc1CN1CC[C@H]1c1ccc(Cl)cc1. The number of rotatable bonds is 4. The minimum absolute atomic E-state index is 0.428. The molecule has 0 aliphatic carbocycles. The third-order valence-corrected chi connectivity index (χ3v) is 4.43. The maximum Gasteiger partial charge on any atom is 0.124 e. The molecule has 1 atom stereocenters. The summed E-state index contributed by atoms with van der Waals surface area (Å²) in [5.74, 6) is 0.779. The monoisotopic (exact) mass is 312 g/mol. The summed E-state index contributed by atoms with van der Waals surface area (Å²) in [7, 11) is 1.65. The van der Waals surface area contributed by atoms with Gasteiger partial charge in [0.05, 0.1) is 18.7 Å². The average Bonchev–Trinajstić information content (AvgIpc) is 2.53. The van der Waals surface area contributed by atoms with E-state index in [0.717, 1.165) is 35.8 Å². The van der Waals surface area contributed by atoms with Crippen molar-refractivity contribution in [1.82, 2.24) is 4.90 Å². The van der Waals surface area contributed by atoms with Crippen molar-refractivity contribution in [3.63, 3.8) is 0 Å². The lowest BCUT2D eigenvalue weighted by Crippen LogP contribution is -2.40. The van der Waals surface area contributed by atoms with Crippen LogP contribution in [0.2, 0.25) is 5.02 Å². The molecule has 3 nitrogen and oxygen atoms in total. The van der Waals surface area contributed by atoms with Crippen LogP contribution < -0.4 is 4.74 Å². The van der Waals surface area contributed by atoms with E-state index in [0.29, 0.717) is 11.6 Å². The van der Waals surface area contributed by atoms with Crippen molar-refractivity contribution in [2.45, 2.75) is 19.0 Å². The number of likely N-dealkylation sites (tertiary alicyclic amines) is 1. The first kappa shape index (κ1) is 14.9. The van der Waals surface area contributed by atoms with E-state index in [-0.39, 0.29) is 0 Å². The van der Waals surface area contributed by atoms with Crippen LogP contribution in [0.4, 0.5) is 0 Å². The van der Waals surface area contributed by atoms with Crippen LogP contribution in [0, 0.1) is 11.3 Å². The van der Waals surface area contributed by atoms with Gasteiger partial charge in [-0.05, 0) is 36.2 Å². The molecule has 1 saturated heterocycles. The minimum atomic E-state index is 0.428. The molecule has 2 aromatic carbocycles. The molecule has 1 aliphatic heterocycles. The molecule has 2 aromatic rings. The number of nitrogens with zero attached hydrogens (tertiary/aromatic N) is 2. The van der Waals surface area contributed by atoms with E-state index >= 15 is 0 Å². The molecule has 0 aromatic heterocycles. The fourth-order valence-electron chi connectivity index (χ4n) is 2.86. The van der Waals surface area contributed by atoms with E-state index < -0.39 is 0 Å². The first-order chi connectivity index (χ1) is 10.7. The molecule has 1 fully saturated rings. The van der Waals surface area contributed by atoms with Crippen molar-refractivity contribution in [3.8, 4) is 11.8 Å². The minimum Gasteiger partial charge on any atom is -0.496 e. The second-order valence-corrected chi connectivity index (χ2v) is 5.90. The molecule has 0 radical (unpaired) electrons. The highest BCUT2D eigenvalue weighted by molar-refractivity contribution is 6.30. The molecule has 22 heavy (non-hydrogen) atoms. The summed E-state index contributed by atoms with van der Waals surface area (Å²) >= 11 is 5.96. The van der Waals surface area contributed by atoms with Crippen molar-refractivity contribution in [2.24, 2.45) is 0 Å². The molecule has 0 amide bonds. The van der Waals surface area contributed by atoms with Crippen LogP contribution in [0.15, 0.2) is 42.5 Å². The van der Waals surface area contributed by atoms with Gasteiger partial charge in [-0.1, -0.05) is 29.8 Å². The largest absolute Gasteiger partial charge is 0.496 e. The van der Waals surface area contributed by atoms with Gasteiger partial charge in [0.25, 0.3) is 0 Å². The molecule has 4 heteroatoms. The molecule has 1 heterocycles. The summed E-state index contributed by atoms with van der Waals surface area (Å²) < 4.78 is 5.42. The Morgan fingerprint density at radius 3 is 2.64 bits per heavy atom. The van der Waals surface area contributed by atoms with Crippen LogP contribution in [-0.4, -0.2) is 18.6 Å². The van der Waals surface area contributed by atoms with Crippen molar-refractivity contribution in [3.05, 3.63) is 64.2 Å². The number of halogens is 1. The van der Waals surface area contributed by atoms with Gasteiger partial charge in [-0.25, -0.2) is 0 Å². The summed E-state index contributed by atoms with van der Waals surface area (Å²) in [6, 6.07) is 16.3. The van der Waals surface area contributed by atoms with Crippen molar-refractivity contribution in [2.75, 3.05) is 13.7 Å². The molecule has 3 rings (SSSR count). The zero-order valence-corrected chi connectivity index (χ0v) is 13.2. The second kappa shape index (κ2) is 6.39. The summed E-state index contributed by atoms with van der Waals surface area (Å²) in [5, 5.41) is 9.74. The van der Waals surface area contributed by atoms with Gasteiger partial charge >= 0.3 is 0 Å². The normalized spacial score (nSPS) is 17.6. The van der Waals surface area contributed by atoms with Crippen molar-refractivity contribution in [1.29, 1.82) is 5.26 Å². The lowest BCUT2D eigenvalue weighted by Gasteiger charge is -2.41. The highest BCUT2D eigenvalue weighted by Gasteiger charge is 2.29. The van der Waals surface area contributed by atoms with Gasteiger partial charge < -0.3 is 4.74 Å². The average molecular weight is 313 g/mol. The first-order valence-corrected chi connectivity index (χ1v) is 7.65. The maximum atomic E-state index is 8.97. The molecular weight excluding hydrogens is 296 g/mol. The predicted octanol–water partition coefficient (Wildman–Crippen LogP) is 4.17. The van der Waals surface area contributed by atoms with Gasteiger partial charge in [-0.15, -0.1) is 0 Å². The van der Waals surface area contributed by atoms with Gasteiger partial charge in [0, 0.05) is 29.7 Å². The molecule has 0 N–H and O–H groups in total. The van der Waals surface area contributed by atoms with Crippen molar-refractivity contribution < 1.29 is 4.74 Å². The number of hydrogen-bond acceptors (Lipinski definition) is 3.